The first-order chi connectivity index (χ1) is 20.5. The van der Waals surface area contributed by atoms with Crippen LogP contribution in [0.3, 0.4) is 0 Å². The van der Waals surface area contributed by atoms with E-state index < -0.39 is 0 Å². The van der Waals surface area contributed by atoms with Crippen molar-refractivity contribution in [3.05, 3.63) is 99.3 Å². The fraction of sp³-hybridized carbons (Fsp3) is 0.371. The molecule has 7 heteroatoms. The molecule has 4 atom stereocenters. The summed E-state index contributed by atoms with van der Waals surface area (Å²) in [7, 11) is 0. The Hall–Kier alpha value is -3.68. The molecule has 1 N–H and O–H groups in total. The van der Waals surface area contributed by atoms with Gasteiger partial charge in [-0.05, 0) is 78.1 Å². The molecule has 1 aromatic heterocycles. The summed E-state index contributed by atoms with van der Waals surface area (Å²) in [5, 5.41) is 11.6. The maximum Gasteiger partial charge on any atom is 0.234 e. The van der Waals surface area contributed by atoms with Crippen LogP contribution in [0.4, 0.5) is 0 Å². The van der Waals surface area contributed by atoms with E-state index in [1.807, 2.05) is 60.0 Å². The molecule has 2 amide bonds. The Kier molecular flexibility index (Phi) is 8.58. The molecule has 0 saturated carbocycles. The number of amides is 2. The third-order valence-corrected chi connectivity index (χ3v) is 9.57. The number of phenolic OH excluding ortho intramolecular Hbond substituents is 1. The molecule has 3 aliphatic rings. The van der Waals surface area contributed by atoms with E-state index >= 15 is 0 Å². The van der Waals surface area contributed by atoms with E-state index in [1.165, 1.54) is 16.0 Å². The Bertz CT molecular complexity index is 1460. The molecule has 2 saturated heterocycles. The largest absolute Gasteiger partial charge is 0.508 e. The van der Waals surface area contributed by atoms with E-state index in [4.69, 9.17) is 9.47 Å². The van der Waals surface area contributed by atoms with Crippen LogP contribution in [0.5, 0.6) is 11.5 Å². The number of hydrogen-bond acceptors (Lipinski definition) is 6. The summed E-state index contributed by atoms with van der Waals surface area (Å²) >= 11 is 1.57. The smallest absolute Gasteiger partial charge is 0.234 e. The molecule has 42 heavy (non-hydrogen) atoms. The lowest BCUT2D eigenvalue weighted by Crippen LogP contribution is -2.35. The van der Waals surface area contributed by atoms with Gasteiger partial charge in [0.2, 0.25) is 11.8 Å². The van der Waals surface area contributed by atoms with Crippen molar-refractivity contribution in [1.29, 1.82) is 0 Å². The average molecular weight is 584 g/mol. The molecule has 2 aromatic carbocycles. The summed E-state index contributed by atoms with van der Waals surface area (Å²) in [6.07, 6.45) is 6.32. The number of likely N-dealkylation sites (tertiary alicyclic amines) is 1. The number of ether oxygens (including phenoxy) is 2. The zero-order valence-corrected chi connectivity index (χ0v) is 24.7. The van der Waals surface area contributed by atoms with Crippen LogP contribution >= 0.6 is 11.3 Å². The number of nitrogens with zero attached hydrogens (tertiary/aromatic N) is 1. The first-order valence-electron chi connectivity index (χ1n) is 14.9. The maximum atomic E-state index is 13.8. The lowest BCUT2D eigenvalue weighted by Gasteiger charge is -2.32. The number of thiophene rings is 1. The van der Waals surface area contributed by atoms with Gasteiger partial charge in [-0.1, -0.05) is 61.4 Å². The number of phenols is 1. The third kappa shape index (κ3) is 5.94. The predicted molar refractivity (Wildman–Crippen MR) is 164 cm³/mol. The van der Waals surface area contributed by atoms with E-state index in [9.17, 15) is 14.7 Å². The highest BCUT2D eigenvalue weighted by Crippen LogP contribution is 2.50. The van der Waals surface area contributed by atoms with Gasteiger partial charge in [-0.25, -0.2) is 0 Å². The van der Waals surface area contributed by atoms with Crippen LogP contribution in [0.2, 0.25) is 0 Å². The number of hydrogen-bond donors (Lipinski definition) is 1. The van der Waals surface area contributed by atoms with Gasteiger partial charge in [0.1, 0.15) is 18.1 Å². The van der Waals surface area contributed by atoms with Crippen molar-refractivity contribution >= 4 is 29.2 Å². The summed E-state index contributed by atoms with van der Waals surface area (Å²) in [6, 6.07) is 21.0. The molecule has 3 aromatic rings. The molecule has 6 rings (SSSR count). The highest BCUT2D eigenvalue weighted by Gasteiger charge is 2.57. The summed E-state index contributed by atoms with van der Waals surface area (Å²) in [4.78, 5) is 29.9. The molecule has 0 bridgehead atoms. The lowest BCUT2D eigenvalue weighted by atomic mass is 9.69. The van der Waals surface area contributed by atoms with Crippen LogP contribution in [-0.4, -0.2) is 41.1 Å². The number of aromatic hydroxyl groups is 1. The van der Waals surface area contributed by atoms with Crippen LogP contribution < -0.4 is 4.74 Å². The second-order valence-corrected chi connectivity index (χ2v) is 12.5. The van der Waals surface area contributed by atoms with Gasteiger partial charge in [0, 0.05) is 10.8 Å². The zero-order valence-electron chi connectivity index (χ0n) is 23.9. The molecule has 3 heterocycles. The summed E-state index contributed by atoms with van der Waals surface area (Å²) < 4.78 is 12.7. The molecular formula is C35H37NO5S. The number of rotatable bonds is 11. The molecule has 2 aliphatic heterocycles. The molecule has 218 valence electrons. The average Bonchev–Trinajstić information content (AvgIpc) is 3.73. The van der Waals surface area contributed by atoms with Crippen molar-refractivity contribution in [1.82, 2.24) is 4.90 Å². The second-order valence-electron chi connectivity index (χ2n) is 11.5. The number of allylic oxidation sites excluding steroid dienone is 1. The normalized spacial score (nSPS) is 23.8. The first-order valence-corrected chi connectivity index (χ1v) is 15.8. The number of carbonyl (C=O) groups is 2. The number of benzene rings is 2. The molecule has 6 nitrogen and oxygen atoms in total. The van der Waals surface area contributed by atoms with Gasteiger partial charge >= 0.3 is 0 Å². The first kappa shape index (κ1) is 28.4. The van der Waals surface area contributed by atoms with Crippen LogP contribution in [0.25, 0.3) is 6.08 Å². The molecule has 2 fully saturated rings. The molecule has 0 spiro atoms. The van der Waals surface area contributed by atoms with Gasteiger partial charge in [0.25, 0.3) is 0 Å². The molecular weight excluding hydrogens is 546 g/mol. The van der Waals surface area contributed by atoms with Crippen LogP contribution in [-0.2, 0) is 20.9 Å². The summed E-state index contributed by atoms with van der Waals surface area (Å²) in [5.41, 5.74) is 4.68. The molecule has 0 unspecified atom stereocenters. The van der Waals surface area contributed by atoms with Crippen LogP contribution in [0, 0.1) is 17.8 Å². The minimum absolute atomic E-state index is 0.0629. The van der Waals surface area contributed by atoms with Crippen molar-refractivity contribution < 1.29 is 24.2 Å². The zero-order chi connectivity index (χ0) is 29.1. The Morgan fingerprint density at radius 1 is 1.02 bits per heavy atom. The Morgan fingerprint density at radius 2 is 1.83 bits per heavy atom. The minimum Gasteiger partial charge on any atom is -0.508 e. The van der Waals surface area contributed by atoms with E-state index in [0.29, 0.717) is 26.2 Å². The molecule has 1 aliphatic carbocycles. The summed E-state index contributed by atoms with van der Waals surface area (Å²) in [5.74, 6) is 0.0654. The van der Waals surface area contributed by atoms with Crippen LogP contribution in [0.1, 0.15) is 49.5 Å². The van der Waals surface area contributed by atoms with Gasteiger partial charge in [-0.3, -0.25) is 14.5 Å². The van der Waals surface area contributed by atoms with Gasteiger partial charge in [-0.2, -0.15) is 0 Å². The van der Waals surface area contributed by atoms with Crippen molar-refractivity contribution in [3.8, 4) is 11.5 Å². The Morgan fingerprint density at radius 3 is 2.57 bits per heavy atom. The summed E-state index contributed by atoms with van der Waals surface area (Å²) in [6.45, 7) is 3.36. The van der Waals surface area contributed by atoms with Crippen LogP contribution in [0.15, 0.2) is 88.8 Å². The Balaban J connectivity index is 1.25. The van der Waals surface area contributed by atoms with Gasteiger partial charge in [0.15, 0.2) is 0 Å². The SMILES string of the molecule is CCC/C(=C\c1ccc(O)cc1)CC[C@H]1OC[C@H]2C1=C(COc1ccccc1)C[C@H]1C(=O)N(Cc3cccs3)C(=O)[C@H]12. The third-order valence-electron chi connectivity index (χ3n) is 8.71. The standard InChI is InChI=1S/C35H37NO5S/c1-2-7-23(18-24-11-14-26(37)15-12-24)13-16-31-32-25(21-40-27-8-4-3-5-9-27)19-29-33(30(32)22-41-31)35(39)36(34(29)38)20-28-10-6-17-42-28/h3-6,8-12,14-15,17-18,29-31,33,37H,2,7,13,16,19-22H2,1H3/b23-18+/t29-,30+,31-,33-/m1/s1. The van der Waals surface area contributed by atoms with Crippen molar-refractivity contribution in [2.45, 2.75) is 51.7 Å². The fourth-order valence-electron chi connectivity index (χ4n) is 6.79. The Labute approximate surface area is 251 Å². The highest BCUT2D eigenvalue weighted by atomic mass is 32.1. The number of carbonyl (C=O) groups excluding carboxylic acids is 2. The predicted octanol–water partition coefficient (Wildman–Crippen LogP) is 7.01. The van der Waals surface area contributed by atoms with E-state index in [2.05, 4.69) is 13.0 Å². The number of para-hydroxylation sites is 1. The monoisotopic (exact) mass is 583 g/mol. The molecule has 0 radical (unpaired) electrons. The lowest BCUT2D eigenvalue weighted by molar-refractivity contribution is -0.140. The highest BCUT2D eigenvalue weighted by molar-refractivity contribution is 7.09. The minimum atomic E-state index is -0.374. The fourth-order valence-corrected chi connectivity index (χ4v) is 7.48. The maximum absolute atomic E-state index is 13.8. The van der Waals surface area contributed by atoms with Crippen molar-refractivity contribution in [2.75, 3.05) is 13.2 Å². The van der Waals surface area contributed by atoms with Gasteiger partial charge < -0.3 is 14.6 Å². The topological polar surface area (TPSA) is 76.1 Å². The number of imide groups is 1. The second kappa shape index (κ2) is 12.7. The quantitative estimate of drug-likeness (QED) is 0.194. The van der Waals surface area contributed by atoms with E-state index in [0.717, 1.165) is 47.4 Å². The van der Waals surface area contributed by atoms with Crippen molar-refractivity contribution in [2.24, 2.45) is 17.8 Å². The van der Waals surface area contributed by atoms with Gasteiger partial charge in [-0.15, -0.1) is 11.3 Å². The van der Waals surface area contributed by atoms with E-state index in [-0.39, 0.29) is 41.4 Å². The van der Waals surface area contributed by atoms with Crippen molar-refractivity contribution in [3.63, 3.8) is 0 Å². The van der Waals surface area contributed by atoms with E-state index in [1.54, 1.807) is 23.5 Å². The van der Waals surface area contributed by atoms with Gasteiger partial charge in [0.05, 0.1) is 31.1 Å². The number of fused-ring (bicyclic) bond motifs is 3.